The standard InChI is InChI=1S/C20H21N3O3/c24-18-10-15-12-22(11-14(15)9-17(18)23-7-2-6-21-23)20(25)16-4-1-3-13-5-8-26-19(13)16/h1-8,14-15,17-18,24H,9-12H2/t14-,15+,17-,18-/m1/s1. The third-order valence-electron chi connectivity index (χ3n) is 5.97. The average molecular weight is 351 g/mol. The summed E-state index contributed by atoms with van der Waals surface area (Å²) in [6, 6.07) is 9.43. The normalized spacial score (nSPS) is 28.4. The van der Waals surface area contributed by atoms with Crippen LogP contribution in [-0.2, 0) is 0 Å². The first kappa shape index (κ1) is 15.6. The number of likely N-dealkylation sites (tertiary alicyclic amines) is 1. The zero-order chi connectivity index (χ0) is 17.7. The molecule has 26 heavy (non-hydrogen) atoms. The minimum atomic E-state index is -0.417. The van der Waals surface area contributed by atoms with E-state index in [1.54, 1.807) is 12.5 Å². The fraction of sp³-hybridized carbons (Fsp3) is 0.400. The molecule has 1 N–H and O–H groups in total. The molecule has 0 spiro atoms. The summed E-state index contributed by atoms with van der Waals surface area (Å²) in [6.45, 7) is 1.43. The van der Waals surface area contributed by atoms with Crippen LogP contribution < -0.4 is 0 Å². The van der Waals surface area contributed by atoms with E-state index in [0.29, 0.717) is 35.9 Å². The first-order valence-corrected chi connectivity index (χ1v) is 9.13. The highest BCUT2D eigenvalue weighted by atomic mass is 16.3. The maximum absolute atomic E-state index is 13.1. The van der Waals surface area contributed by atoms with Gasteiger partial charge in [-0.3, -0.25) is 9.48 Å². The number of carbonyl (C=O) groups is 1. The SMILES string of the molecule is O=C(c1cccc2ccoc12)N1C[C@H]2C[C@@H](n3cccn3)[C@H](O)C[C@H]2C1. The first-order chi connectivity index (χ1) is 12.7. The number of aromatic nitrogens is 2. The summed E-state index contributed by atoms with van der Waals surface area (Å²) in [5, 5.41) is 15.8. The molecule has 4 atom stereocenters. The van der Waals surface area contributed by atoms with Gasteiger partial charge in [-0.2, -0.15) is 5.10 Å². The Hall–Kier alpha value is -2.60. The lowest BCUT2D eigenvalue weighted by Crippen LogP contribution is -2.36. The fourth-order valence-corrected chi connectivity index (χ4v) is 4.67. The van der Waals surface area contributed by atoms with Crippen LogP contribution in [0.15, 0.2) is 53.4 Å². The maximum atomic E-state index is 13.1. The maximum Gasteiger partial charge on any atom is 0.257 e. The molecule has 1 saturated carbocycles. The number of amides is 1. The molecule has 1 aliphatic carbocycles. The van der Waals surface area contributed by atoms with Gasteiger partial charge in [0, 0.05) is 30.9 Å². The number of fused-ring (bicyclic) bond motifs is 2. The van der Waals surface area contributed by atoms with Gasteiger partial charge in [0.15, 0.2) is 0 Å². The van der Waals surface area contributed by atoms with E-state index in [2.05, 4.69) is 5.10 Å². The van der Waals surface area contributed by atoms with Crippen molar-refractivity contribution in [1.82, 2.24) is 14.7 Å². The number of carbonyl (C=O) groups excluding carboxylic acids is 1. The number of aliphatic hydroxyl groups excluding tert-OH is 1. The molecule has 1 aliphatic heterocycles. The van der Waals surface area contributed by atoms with Gasteiger partial charge in [-0.05, 0) is 42.9 Å². The van der Waals surface area contributed by atoms with Crippen molar-refractivity contribution in [2.45, 2.75) is 25.0 Å². The van der Waals surface area contributed by atoms with Crippen LogP contribution in [0.2, 0.25) is 0 Å². The highest BCUT2D eigenvalue weighted by molar-refractivity contribution is 6.04. The summed E-state index contributed by atoms with van der Waals surface area (Å²) in [5.41, 5.74) is 1.28. The number of aliphatic hydroxyl groups is 1. The van der Waals surface area contributed by atoms with Crippen LogP contribution in [0.1, 0.15) is 29.2 Å². The smallest absolute Gasteiger partial charge is 0.257 e. The topological polar surface area (TPSA) is 71.5 Å². The minimum Gasteiger partial charge on any atom is -0.464 e. The molecule has 1 aromatic carbocycles. The molecule has 0 bridgehead atoms. The Balaban J connectivity index is 1.37. The predicted octanol–water partition coefficient (Wildman–Crippen LogP) is 2.71. The molecule has 3 aromatic rings. The molecule has 3 heterocycles. The van der Waals surface area contributed by atoms with E-state index in [4.69, 9.17) is 4.42 Å². The molecule has 0 radical (unpaired) electrons. The Morgan fingerprint density at radius 2 is 2.00 bits per heavy atom. The Morgan fingerprint density at radius 1 is 1.15 bits per heavy atom. The predicted molar refractivity (Wildman–Crippen MR) is 95.6 cm³/mol. The second kappa shape index (κ2) is 5.99. The van der Waals surface area contributed by atoms with Gasteiger partial charge in [0.1, 0.15) is 5.58 Å². The van der Waals surface area contributed by atoms with Gasteiger partial charge in [-0.25, -0.2) is 0 Å². The summed E-state index contributed by atoms with van der Waals surface area (Å²) >= 11 is 0. The third-order valence-corrected chi connectivity index (χ3v) is 5.97. The number of benzene rings is 1. The van der Waals surface area contributed by atoms with Crippen molar-refractivity contribution in [3.05, 3.63) is 54.6 Å². The van der Waals surface area contributed by atoms with Crippen LogP contribution in [-0.4, -0.2) is 44.9 Å². The highest BCUT2D eigenvalue weighted by Crippen LogP contribution is 2.41. The van der Waals surface area contributed by atoms with Crippen LogP contribution in [0.4, 0.5) is 0 Å². The molecular weight excluding hydrogens is 330 g/mol. The van der Waals surface area contributed by atoms with Crippen molar-refractivity contribution in [2.75, 3.05) is 13.1 Å². The lowest BCUT2D eigenvalue weighted by Gasteiger charge is -2.35. The summed E-state index contributed by atoms with van der Waals surface area (Å²) in [4.78, 5) is 15.0. The quantitative estimate of drug-likeness (QED) is 0.771. The largest absolute Gasteiger partial charge is 0.464 e. The zero-order valence-electron chi connectivity index (χ0n) is 14.4. The van der Waals surface area contributed by atoms with Crippen molar-refractivity contribution in [3.63, 3.8) is 0 Å². The number of hydrogen-bond acceptors (Lipinski definition) is 4. The Kier molecular flexibility index (Phi) is 3.60. The summed E-state index contributed by atoms with van der Waals surface area (Å²) in [5.74, 6) is 0.758. The molecule has 6 heteroatoms. The second-order valence-electron chi connectivity index (χ2n) is 7.47. The molecule has 2 aliphatic rings. The van der Waals surface area contributed by atoms with E-state index >= 15 is 0 Å². The summed E-state index contributed by atoms with van der Waals surface area (Å²) < 4.78 is 7.39. The van der Waals surface area contributed by atoms with Crippen molar-refractivity contribution < 1.29 is 14.3 Å². The average Bonchev–Trinajstić information content (AvgIpc) is 3.38. The van der Waals surface area contributed by atoms with Crippen LogP contribution in [0.25, 0.3) is 11.0 Å². The zero-order valence-corrected chi connectivity index (χ0v) is 14.4. The van der Waals surface area contributed by atoms with Gasteiger partial charge in [0.05, 0.1) is 24.0 Å². The Labute approximate surface area is 151 Å². The fourth-order valence-electron chi connectivity index (χ4n) is 4.67. The third kappa shape index (κ3) is 2.44. The number of hydrogen-bond donors (Lipinski definition) is 1. The lowest BCUT2D eigenvalue weighted by atomic mass is 9.77. The van der Waals surface area contributed by atoms with Gasteiger partial charge in [0.2, 0.25) is 0 Å². The monoisotopic (exact) mass is 351 g/mol. The van der Waals surface area contributed by atoms with Gasteiger partial charge >= 0.3 is 0 Å². The second-order valence-corrected chi connectivity index (χ2v) is 7.47. The molecule has 5 rings (SSSR count). The van der Waals surface area contributed by atoms with Crippen molar-refractivity contribution in [2.24, 2.45) is 11.8 Å². The Bertz CT molecular complexity index is 933. The minimum absolute atomic E-state index is 0.00481. The van der Waals surface area contributed by atoms with E-state index in [1.165, 1.54) is 0 Å². The number of furan rings is 1. The van der Waals surface area contributed by atoms with Gasteiger partial charge < -0.3 is 14.4 Å². The van der Waals surface area contributed by atoms with Crippen molar-refractivity contribution >= 4 is 16.9 Å². The van der Waals surface area contributed by atoms with Crippen molar-refractivity contribution in [1.29, 1.82) is 0 Å². The lowest BCUT2D eigenvalue weighted by molar-refractivity contribution is 0.0306. The van der Waals surface area contributed by atoms with E-state index in [9.17, 15) is 9.90 Å². The van der Waals surface area contributed by atoms with Gasteiger partial charge in [0.25, 0.3) is 5.91 Å². The van der Waals surface area contributed by atoms with E-state index in [0.717, 1.165) is 18.4 Å². The van der Waals surface area contributed by atoms with E-state index in [1.807, 2.05) is 46.1 Å². The number of nitrogens with zero attached hydrogens (tertiary/aromatic N) is 3. The molecular formula is C20H21N3O3. The number of rotatable bonds is 2. The van der Waals surface area contributed by atoms with Gasteiger partial charge in [-0.15, -0.1) is 0 Å². The number of para-hydroxylation sites is 1. The molecule has 2 aromatic heterocycles. The molecule has 1 amide bonds. The van der Waals surface area contributed by atoms with E-state index in [-0.39, 0.29) is 11.9 Å². The van der Waals surface area contributed by atoms with Crippen LogP contribution >= 0.6 is 0 Å². The Morgan fingerprint density at radius 3 is 2.81 bits per heavy atom. The first-order valence-electron chi connectivity index (χ1n) is 9.13. The van der Waals surface area contributed by atoms with Crippen LogP contribution in [0.3, 0.4) is 0 Å². The molecule has 0 unspecified atom stereocenters. The van der Waals surface area contributed by atoms with Gasteiger partial charge in [-0.1, -0.05) is 12.1 Å². The van der Waals surface area contributed by atoms with E-state index < -0.39 is 6.10 Å². The molecule has 1 saturated heterocycles. The van der Waals surface area contributed by atoms with Crippen LogP contribution in [0.5, 0.6) is 0 Å². The molecule has 6 nitrogen and oxygen atoms in total. The van der Waals surface area contributed by atoms with Crippen molar-refractivity contribution in [3.8, 4) is 0 Å². The summed E-state index contributed by atoms with van der Waals surface area (Å²) in [7, 11) is 0. The molecule has 2 fully saturated rings. The van der Waals surface area contributed by atoms with Crippen LogP contribution in [0, 0.1) is 11.8 Å². The highest BCUT2D eigenvalue weighted by Gasteiger charge is 2.44. The summed E-state index contributed by atoms with van der Waals surface area (Å²) in [6.07, 6.45) is 6.42. The molecule has 134 valence electrons.